The number of amides is 1. The summed E-state index contributed by atoms with van der Waals surface area (Å²) in [7, 11) is 0. The second kappa shape index (κ2) is 7.68. The van der Waals surface area contributed by atoms with E-state index in [1.807, 2.05) is 0 Å². The molecule has 2 heterocycles. The summed E-state index contributed by atoms with van der Waals surface area (Å²) in [5.41, 5.74) is 1.60. The zero-order valence-corrected chi connectivity index (χ0v) is 14.8. The molecule has 1 N–H and O–H groups in total. The zero-order valence-electron chi connectivity index (χ0n) is 14.8. The molecular weight excluding hydrogens is 381 g/mol. The highest BCUT2D eigenvalue weighted by Crippen LogP contribution is 2.37. The van der Waals surface area contributed by atoms with Gasteiger partial charge in [0.2, 0.25) is 0 Å². The first-order valence-electron chi connectivity index (χ1n) is 8.64. The van der Waals surface area contributed by atoms with Crippen molar-refractivity contribution in [2.45, 2.75) is 12.1 Å². The van der Waals surface area contributed by atoms with E-state index >= 15 is 0 Å². The summed E-state index contributed by atoms with van der Waals surface area (Å²) >= 11 is 0. The van der Waals surface area contributed by atoms with Gasteiger partial charge in [-0.3, -0.25) is 4.98 Å². The van der Waals surface area contributed by atoms with Crippen LogP contribution in [0, 0.1) is 29.3 Å². The van der Waals surface area contributed by atoms with Crippen molar-refractivity contribution in [2.24, 2.45) is 0 Å². The van der Waals surface area contributed by atoms with Crippen LogP contribution in [0.25, 0.3) is 0 Å². The zero-order chi connectivity index (χ0) is 20.4. The van der Waals surface area contributed by atoms with Crippen LogP contribution in [-0.2, 0) is 4.74 Å². The van der Waals surface area contributed by atoms with Gasteiger partial charge in [-0.1, -0.05) is 11.8 Å². The van der Waals surface area contributed by atoms with Crippen molar-refractivity contribution in [3.05, 3.63) is 101 Å². The molecule has 2 atom stereocenters. The Morgan fingerprint density at radius 1 is 0.897 bits per heavy atom. The third-order valence-electron chi connectivity index (χ3n) is 4.39. The minimum Gasteiger partial charge on any atom is -0.439 e. The smallest absolute Gasteiger partial charge is 0.408 e. The summed E-state index contributed by atoms with van der Waals surface area (Å²) in [6.07, 6.45) is 1.22. The normalized spacial score (nSPS) is 17.8. The molecule has 0 saturated carbocycles. The highest BCUT2D eigenvalue weighted by Gasteiger charge is 2.38. The summed E-state index contributed by atoms with van der Waals surface area (Å²) in [5.74, 6) is 4.12. The van der Waals surface area contributed by atoms with Gasteiger partial charge in [0.15, 0.2) is 6.10 Å². The van der Waals surface area contributed by atoms with Crippen molar-refractivity contribution < 1.29 is 22.7 Å². The fraction of sp³-hybridized carbons (Fsp3) is 0.0909. The standard InChI is InChI=1S/C22H13F3N2O2/c23-16-5-3-13(4-6-16)1-2-14-9-15(12-26-11-14)20-21(29-22(28)27-20)18-10-17(24)7-8-19(18)25/h3-12,20-21H,(H,27,28)/t20-,21-/m1/s1. The second-order valence-corrected chi connectivity index (χ2v) is 6.38. The molecule has 2 aromatic carbocycles. The van der Waals surface area contributed by atoms with E-state index in [0.29, 0.717) is 16.7 Å². The van der Waals surface area contributed by atoms with Crippen molar-refractivity contribution >= 4 is 6.09 Å². The highest BCUT2D eigenvalue weighted by atomic mass is 19.1. The fourth-order valence-corrected chi connectivity index (χ4v) is 3.03. The van der Waals surface area contributed by atoms with Gasteiger partial charge in [0.25, 0.3) is 0 Å². The Bertz CT molecular complexity index is 1140. The van der Waals surface area contributed by atoms with Crippen LogP contribution in [0.5, 0.6) is 0 Å². The molecule has 29 heavy (non-hydrogen) atoms. The SMILES string of the molecule is O=C1N[C@H](c2cncc(C#Cc3ccc(F)cc3)c2)[C@@H](c2cc(F)ccc2F)O1. The third-order valence-corrected chi connectivity index (χ3v) is 4.39. The molecule has 1 aliphatic rings. The number of benzene rings is 2. The number of aromatic nitrogens is 1. The van der Waals surface area contributed by atoms with Gasteiger partial charge in [0, 0.05) is 29.1 Å². The molecule has 4 nitrogen and oxygen atoms in total. The first-order chi connectivity index (χ1) is 14.0. The minimum atomic E-state index is -1.06. The average Bonchev–Trinajstić information content (AvgIpc) is 3.11. The number of carbonyl (C=O) groups is 1. The molecule has 1 fully saturated rings. The number of halogens is 3. The number of nitrogens with zero attached hydrogens (tertiary/aromatic N) is 1. The Balaban J connectivity index is 1.65. The van der Waals surface area contributed by atoms with Crippen LogP contribution in [0.2, 0.25) is 0 Å². The largest absolute Gasteiger partial charge is 0.439 e. The average molecular weight is 394 g/mol. The highest BCUT2D eigenvalue weighted by molar-refractivity contribution is 5.71. The van der Waals surface area contributed by atoms with Crippen molar-refractivity contribution in [3.8, 4) is 11.8 Å². The third kappa shape index (κ3) is 4.06. The predicted octanol–water partition coefficient (Wildman–Crippen LogP) is 4.42. The quantitative estimate of drug-likeness (QED) is 0.655. The number of hydrogen-bond acceptors (Lipinski definition) is 3. The minimum absolute atomic E-state index is 0.0730. The number of hydrogen-bond donors (Lipinski definition) is 1. The number of cyclic esters (lactones) is 1. The molecule has 0 bridgehead atoms. The molecule has 0 radical (unpaired) electrons. The molecule has 0 spiro atoms. The van der Waals surface area contributed by atoms with Gasteiger partial charge in [-0.25, -0.2) is 18.0 Å². The summed E-state index contributed by atoms with van der Waals surface area (Å²) in [6, 6.07) is 9.60. The number of rotatable bonds is 2. The molecule has 1 aromatic heterocycles. The van der Waals surface area contributed by atoms with Gasteiger partial charge in [-0.15, -0.1) is 0 Å². The molecule has 1 aliphatic heterocycles. The van der Waals surface area contributed by atoms with E-state index < -0.39 is 29.9 Å². The molecule has 3 aromatic rings. The van der Waals surface area contributed by atoms with Crippen molar-refractivity contribution in [1.29, 1.82) is 0 Å². The van der Waals surface area contributed by atoms with Gasteiger partial charge in [0.1, 0.15) is 23.5 Å². The maximum absolute atomic E-state index is 14.2. The Labute approximate surface area is 164 Å². The molecule has 1 saturated heterocycles. The Kier molecular flexibility index (Phi) is 4.92. The Morgan fingerprint density at radius 2 is 1.62 bits per heavy atom. The fourth-order valence-electron chi connectivity index (χ4n) is 3.03. The van der Waals surface area contributed by atoms with Crippen LogP contribution >= 0.6 is 0 Å². The number of alkyl carbamates (subject to hydrolysis) is 1. The first kappa shape index (κ1) is 18.6. The van der Waals surface area contributed by atoms with Gasteiger partial charge in [-0.2, -0.15) is 0 Å². The van der Waals surface area contributed by atoms with Crippen LogP contribution in [0.4, 0.5) is 18.0 Å². The van der Waals surface area contributed by atoms with Crippen molar-refractivity contribution in [3.63, 3.8) is 0 Å². The summed E-state index contributed by atoms with van der Waals surface area (Å²) in [6.45, 7) is 0. The molecule has 7 heteroatoms. The molecular formula is C22H13F3N2O2. The van der Waals surface area contributed by atoms with Gasteiger partial charge < -0.3 is 10.1 Å². The lowest BCUT2D eigenvalue weighted by Crippen LogP contribution is -2.20. The second-order valence-electron chi connectivity index (χ2n) is 6.38. The van der Waals surface area contributed by atoms with E-state index in [1.165, 1.54) is 24.5 Å². The number of nitrogens with one attached hydrogen (secondary N) is 1. The molecule has 144 valence electrons. The van der Waals surface area contributed by atoms with Crippen molar-refractivity contribution in [2.75, 3.05) is 0 Å². The van der Waals surface area contributed by atoms with Crippen LogP contribution in [0.15, 0.2) is 60.9 Å². The summed E-state index contributed by atoms with van der Waals surface area (Å²) in [4.78, 5) is 15.9. The monoisotopic (exact) mass is 394 g/mol. The lowest BCUT2D eigenvalue weighted by atomic mass is 9.96. The predicted molar refractivity (Wildman–Crippen MR) is 98.1 cm³/mol. The van der Waals surface area contributed by atoms with Crippen LogP contribution in [0.3, 0.4) is 0 Å². The summed E-state index contributed by atoms with van der Waals surface area (Å²) < 4.78 is 46.0. The van der Waals surface area contributed by atoms with Gasteiger partial charge in [-0.05, 0) is 54.1 Å². The summed E-state index contributed by atoms with van der Waals surface area (Å²) in [5, 5.41) is 2.59. The lowest BCUT2D eigenvalue weighted by Gasteiger charge is -2.18. The lowest BCUT2D eigenvalue weighted by molar-refractivity contribution is 0.130. The van der Waals surface area contributed by atoms with E-state index in [2.05, 4.69) is 22.1 Å². The van der Waals surface area contributed by atoms with Crippen LogP contribution < -0.4 is 5.32 Å². The van der Waals surface area contributed by atoms with E-state index in [1.54, 1.807) is 18.2 Å². The van der Waals surface area contributed by atoms with Crippen LogP contribution in [0.1, 0.15) is 34.4 Å². The van der Waals surface area contributed by atoms with E-state index in [4.69, 9.17) is 4.74 Å². The van der Waals surface area contributed by atoms with Crippen LogP contribution in [-0.4, -0.2) is 11.1 Å². The number of carbonyl (C=O) groups excluding carboxylic acids is 1. The van der Waals surface area contributed by atoms with E-state index in [0.717, 1.165) is 18.2 Å². The molecule has 0 unspecified atom stereocenters. The Hall–Kier alpha value is -3.79. The van der Waals surface area contributed by atoms with Gasteiger partial charge in [0.05, 0.1) is 0 Å². The maximum Gasteiger partial charge on any atom is 0.408 e. The molecule has 4 rings (SSSR count). The number of pyridine rings is 1. The first-order valence-corrected chi connectivity index (χ1v) is 8.64. The van der Waals surface area contributed by atoms with Crippen molar-refractivity contribution in [1.82, 2.24) is 10.3 Å². The molecule has 1 amide bonds. The van der Waals surface area contributed by atoms with E-state index in [9.17, 15) is 18.0 Å². The van der Waals surface area contributed by atoms with Gasteiger partial charge >= 0.3 is 6.09 Å². The topological polar surface area (TPSA) is 51.2 Å². The van der Waals surface area contributed by atoms with E-state index in [-0.39, 0.29) is 11.4 Å². The number of ether oxygens (including phenoxy) is 1. The Morgan fingerprint density at radius 3 is 2.41 bits per heavy atom. The molecule has 0 aliphatic carbocycles. The maximum atomic E-state index is 14.2.